The van der Waals surface area contributed by atoms with Crippen LogP contribution in [0, 0.1) is 20.8 Å². The summed E-state index contributed by atoms with van der Waals surface area (Å²) in [6, 6.07) is 14.9. The van der Waals surface area contributed by atoms with E-state index >= 15 is 0 Å². The Bertz CT molecular complexity index is 1120. The fraction of sp³-hybridized carbons (Fsp3) is 0.182. The molecule has 0 fully saturated rings. The van der Waals surface area contributed by atoms with Gasteiger partial charge in [0.25, 0.3) is 5.91 Å². The second kappa shape index (κ2) is 7.23. The number of rotatable bonds is 5. The van der Waals surface area contributed by atoms with Crippen LogP contribution in [0.15, 0.2) is 53.1 Å². The highest BCUT2D eigenvalue weighted by Gasteiger charge is 2.11. The van der Waals surface area contributed by atoms with E-state index in [-0.39, 0.29) is 5.91 Å². The lowest BCUT2D eigenvalue weighted by atomic mass is 10.2. The fourth-order valence-electron chi connectivity index (χ4n) is 3.12. The van der Waals surface area contributed by atoms with E-state index in [1.165, 1.54) is 0 Å². The third-order valence-electron chi connectivity index (χ3n) is 4.69. The van der Waals surface area contributed by atoms with Crippen LogP contribution in [-0.4, -0.2) is 16.0 Å². The highest BCUT2D eigenvalue weighted by atomic mass is 16.5. The predicted octanol–water partition coefficient (Wildman–Crippen LogP) is 4.91. The molecule has 4 aromatic rings. The van der Waals surface area contributed by atoms with Crippen LogP contribution in [0.1, 0.15) is 33.1 Å². The van der Waals surface area contributed by atoms with E-state index in [0.29, 0.717) is 17.9 Å². The molecule has 2 heterocycles. The first kappa shape index (κ1) is 17.9. The van der Waals surface area contributed by atoms with Crippen molar-refractivity contribution in [3.8, 4) is 5.75 Å². The van der Waals surface area contributed by atoms with Crippen LogP contribution < -0.4 is 10.1 Å². The van der Waals surface area contributed by atoms with Crippen LogP contribution in [0.2, 0.25) is 0 Å². The van der Waals surface area contributed by atoms with Crippen molar-refractivity contribution in [2.45, 2.75) is 27.4 Å². The molecule has 0 atom stereocenters. The van der Waals surface area contributed by atoms with E-state index < -0.39 is 0 Å². The Balaban J connectivity index is 1.41. The maximum absolute atomic E-state index is 12.5. The van der Waals surface area contributed by atoms with Gasteiger partial charge in [-0.15, -0.1) is 0 Å². The number of nitrogens with zero attached hydrogens (tertiary/aromatic N) is 1. The number of hydrogen-bond acceptors (Lipinski definition) is 4. The summed E-state index contributed by atoms with van der Waals surface area (Å²) in [7, 11) is 0. The molecule has 2 aromatic carbocycles. The molecule has 0 bridgehead atoms. The summed E-state index contributed by atoms with van der Waals surface area (Å²) in [5.74, 6) is 1.27. The van der Waals surface area contributed by atoms with Crippen LogP contribution >= 0.6 is 0 Å². The normalized spacial score (nSPS) is 11.0. The monoisotopic (exact) mass is 375 g/mol. The summed E-state index contributed by atoms with van der Waals surface area (Å²) in [6.07, 6.45) is 0. The molecule has 6 nitrogen and oxygen atoms in total. The smallest absolute Gasteiger partial charge is 0.255 e. The zero-order chi connectivity index (χ0) is 19.7. The number of nitrogens with one attached hydrogen (secondary N) is 2. The largest absolute Gasteiger partial charge is 0.489 e. The van der Waals surface area contributed by atoms with Crippen molar-refractivity contribution in [2.24, 2.45) is 0 Å². The van der Waals surface area contributed by atoms with E-state index in [4.69, 9.17) is 9.26 Å². The molecule has 0 radical (unpaired) electrons. The molecule has 1 amide bonds. The molecule has 0 aliphatic rings. The summed E-state index contributed by atoms with van der Waals surface area (Å²) in [5, 5.41) is 7.92. The molecule has 142 valence electrons. The topological polar surface area (TPSA) is 80.2 Å². The number of H-pyrrole nitrogens is 1. The Kier molecular flexibility index (Phi) is 4.61. The summed E-state index contributed by atoms with van der Waals surface area (Å²) in [6.45, 7) is 6.13. The number of carbonyl (C=O) groups is 1. The van der Waals surface area contributed by atoms with Crippen LogP contribution in [0.4, 0.5) is 5.69 Å². The van der Waals surface area contributed by atoms with Gasteiger partial charge in [0.1, 0.15) is 18.1 Å². The standard InChI is InChI=1S/C22H21N3O3/c1-13-10-17-11-18(6-9-21(17)23-13)24-22(26)16-4-7-19(8-5-16)27-12-20-14(2)25-28-15(20)3/h4-11,23H,12H2,1-3H3,(H,24,26). The van der Waals surface area contributed by atoms with Gasteiger partial charge >= 0.3 is 0 Å². The molecule has 4 rings (SSSR count). The Morgan fingerprint density at radius 2 is 1.89 bits per heavy atom. The maximum atomic E-state index is 12.5. The van der Waals surface area contributed by atoms with Gasteiger partial charge in [-0.3, -0.25) is 4.79 Å². The number of amides is 1. The molecule has 2 N–H and O–H groups in total. The lowest BCUT2D eigenvalue weighted by molar-refractivity contribution is 0.102. The third-order valence-corrected chi connectivity index (χ3v) is 4.69. The van der Waals surface area contributed by atoms with E-state index in [2.05, 4.69) is 21.5 Å². The number of carbonyl (C=O) groups excluding carboxylic acids is 1. The summed E-state index contributed by atoms with van der Waals surface area (Å²) >= 11 is 0. The molecule has 0 aliphatic carbocycles. The Hall–Kier alpha value is -3.54. The molecule has 6 heteroatoms. The third kappa shape index (κ3) is 3.62. The maximum Gasteiger partial charge on any atom is 0.255 e. The molecular weight excluding hydrogens is 354 g/mol. The van der Waals surface area contributed by atoms with Gasteiger partial charge in [-0.1, -0.05) is 5.16 Å². The first-order chi connectivity index (χ1) is 13.5. The average molecular weight is 375 g/mol. The minimum absolute atomic E-state index is 0.163. The highest BCUT2D eigenvalue weighted by molar-refractivity contribution is 6.05. The van der Waals surface area contributed by atoms with Crippen LogP contribution in [0.5, 0.6) is 5.75 Å². The summed E-state index contributed by atoms with van der Waals surface area (Å²) in [4.78, 5) is 15.8. The summed E-state index contributed by atoms with van der Waals surface area (Å²) in [5.41, 5.74) is 5.23. The number of aromatic amines is 1. The van der Waals surface area contributed by atoms with E-state index in [1.807, 2.05) is 39.0 Å². The Morgan fingerprint density at radius 3 is 2.61 bits per heavy atom. The minimum Gasteiger partial charge on any atom is -0.489 e. The molecule has 0 saturated carbocycles. The van der Waals surface area contributed by atoms with Crippen LogP contribution in [0.25, 0.3) is 10.9 Å². The molecule has 0 spiro atoms. The minimum atomic E-state index is -0.163. The van der Waals surface area contributed by atoms with E-state index in [0.717, 1.165) is 39.3 Å². The van der Waals surface area contributed by atoms with Crippen molar-refractivity contribution in [2.75, 3.05) is 5.32 Å². The van der Waals surface area contributed by atoms with Crippen LogP contribution in [-0.2, 0) is 6.61 Å². The van der Waals surface area contributed by atoms with Crippen molar-refractivity contribution in [1.29, 1.82) is 0 Å². The molecular formula is C22H21N3O3. The fourth-order valence-corrected chi connectivity index (χ4v) is 3.12. The van der Waals surface area contributed by atoms with Gasteiger partial charge in [0.15, 0.2) is 0 Å². The molecule has 0 aliphatic heterocycles. The number of fused-ring (bicyclic) bond motifs is 1. The number of benzene rings is 2. The van der Waals surface area contributed by atoms with Gasteiger partial charge < -0.3 is 19.6 Å². The van der Waals surface area contributed by atoms with Crippen LogP contribution in [0.3, 0.4) is 0 Å². The molecule has 2 aromatic heterocycles. The first-order valence-electron chi connectivity index (χ1n) is 9.05. The van der Waals surface area contributed by atoms with Crippen molar-refractivity contribution in [1.82, 2.24) is 10.1 Å². The van der Waals surface area contributed by atoms with Gasteiger partial charge in [-0.25, -0.2) is 0 Å². The van der Waals surface area contributed by atoms with Crippen molar-refractivity contribution in [3.63, 3.8) is 0 Å². The number of ether oxygens (including phenoxy) is 1. The zero-order valence-corrected chi connectivity index (χ0v) is 16.0. The second-order valence-electron chi connectivity index (χ2n) is 6.82. The highest BCUT2D eigenvalue weighted by Crippen LogP contribution is 2.21. The number of hydrogen-bond donors (Lipinski definition) is 2. The van der Waals surface area contributed by atoms with Crippen molar-refractivity contribution in [3.05, 3.63) is 76.8 Å². The van der Waals surface area contributed by atoms with Gasteiger partial charge in [-0.05, 0) is 69.3 Å². The first-order valence-corrected chi connectivity index (χ1v) is 9.05. The van der Waals surface area contributed by atoms with Crippen molar-refractivity contribution >= 4 is 22.5 Å². The second-order valence-corrected chi connectivity index (χ2v) is 6.82. The van der Waals surface area contributed by atoms with Crippen molar-refractivity contribution < 1.29 is 14.1 Å². The van der Waals surface area contributed by atoms with Gasteiger partial charge in [0, 0.05) is 27.8 Å². The zero-order valence-electron chi connectivity index (χ0n) is 16.0. The predicted molar refractivity (Wildman–Crippen MR) is 108 cm³/mol. The molecule has 0 unspecified atom stereocenters. The molecule has 0 saturated heterocycles. The van der Waals surface area contributed by atoms with E-state index in [9.17, 15) is 4.79 Å². The summed E-state index contributed by atoms with van der Waals surface area (Å²) < 4.78 is 10.9. The SMILES string of the molecule is Cc1cc2cc(NC(=O)c3ccc(OCc4c(C)noc4C)cc3)ccc2[nH]1. The average Bonchev–Trinajstić information content (AvgIpc) is 3.21. The Labute approximate surface area is 162 Å². The molecule has 28 heavy (non-hydrogen) atoms. The van der Waals surface area contributed by atoms with Gasteiger partial charge in [0.05, 0.1) is 11.3 Å². The van der Waals surface area contributed by atoms with E-state index in [1.54, 1.807) is 24.3 Å². The number of aromatic nitrogens is 2. The van der Waals surface area contributed by atoms with Gasteiger partial charge in [-0.2, -0.15) is 0 Å². The number of anilines is 1. The number of aryl methyl sites for hydroxylation is 3. The lowest BCUT2D eigenvalue weighted by Gasteiger charge is -2.08. The Morgan fingerprint density at radius 1 is 1.11 bits per heavy atom. The van der Waals surface area contributed by atoms with Gasteiger partial charge in [0.2, 0.25) is 0 Å². The lowest BCUT2D eigenvalue weighted by Crippen LogP contribution is -2.11. The quantitative estimate of drug-likeness (QED) is 0.519.